The molecule has 0 saturated heterocycles. The molecule has 19 heavy (non-hydrogen) atoms. The molecule has 2 N–H and O–H groups in total. The van der Waals surface area contributed by atoms with Crippen molar-refractivity contribution >= 4 is 10.0 Å². The summed E-state index contributed by atoms with van der Waals surface area (Å²) >= 11 is 0. The highest BCUT2D eigenvalue weighted by atomic mass is 32.2. The van der Waals surface area contributed by atoms with Gasteiger partial charge in [0.25, 0.3) is 0 Å². The van der Waals surface area contributed by atoms with E-state index in [2.05, 4.69) is 4.72 Å². The van der Waals surface area contributed by atoms with E-state index in [9.17, 15) is 8.42 Å². The average molecular weight is 285 g/mol. The van der Waals surface area contributed by atoms with Crippen LogP contribution in [0.5, 0.6) is 0 Å². The maximum atomic E-state index is 11.7. The lowest BCUT2D eigenvalue weighted by atomic mass is 9.91. The van der Waals surface area contributed by atoms with Crippen LogP contribution in [-0.4, -0.2) is 38.0 Å². The lowest BCUT2D eigenvalue weighted by Gasteiger charge is -2.31. The van der Waals surface area contributed by atoms with Crippen LogP contribution in [0.4, 0.5) is 0 Å². The number of rotatable bonds is 7. The molecule has 1 aromatic carbocycles. The smallest absolute Gasteiger partial charge is 0.214 e. The molecule has 1 fully saturated rings. The van der Waals surface area contributed by atoms with Gasteiger partial charge in [0, 0.05) is 6.04 Å². The first-order valence-electron chi connectivity index (χ1n) is 6.35. The topological polar surface area (TPSA) is 75.6 Å². The molecule has 0 bridgehead atoms. The third kappa shape index (κ3) is 4.91. The van der Waals surface area contributed by atoms with Crippen molar-refractivity contribution in [2.45, 2.75) is 31.6 Å². The van der Waals surface area contributed by atoms with Gasteiger partial charge in [0.2, 0.25) is 10.0 Å². The molecule has 1 aliphatic rings. The zero-order valence-corrected chi connectivity index (χ0v) is 11.5. The number of ether oxygens (including phenoxy) is 1. The quantitative estimate of drug-likeness (QED) is 0.721. The monoisotopic (exact) mass is 285 g/mol. The average Bonchev–Trinajstić information content (AvgIpc) is 2.34. The lowest BCUT2D eigenvalue weighted by Crippen LogP contribution is -2.47. The van der Waals surface area contributed by atoms with Gasteiger partial charge in [-0.1, -0.05) is 30.3 Å². The van der Waals surface area contributed by atoms with Crippen LogP contribution in [0, 0.1) is 0 Å². The number of hydrogen-bond acceptors (Lipinski definition) is 4. The highest BCUT2D eigenvalue weighted by Gasteiger charge is 2.30. The first-order chi connectivity index (χ1) is 9.05. The second kappa shape index (κ2) is 6.47. The summed E-state index contributed by atoms with van der Waals surface area (Å²) in [6, 6.07) is 9.50. The molecule has 1 aromatic rings. The van der Waals surface area contributed by atoms with E-state index in [-0.39, 0.29) is 24.5 Å². The molecular weight excluding hydrogens is 266 g/mol. The van der Waals surface area contributed by atoms with Gasteiger partial charge in [-0.25, -0.2) is 13.1 Å². The molecule has 0 heterocycles. The van der Waals surface area contributed by atoms with Crippen LogP contribution >= 0.6 is 0 Å². The summed E-state index contributed by atoms with van der Waals surface area (Å²) in [6.07, 6.45) is 0.649. The maximum absolute atomic E-state index is 11.7. The van der Waals surface area contributed by atoms with Gasteiger partial charge < -0.3 is 9.84 Å². The second-order valence-electron chi connectivity index (χ2n) is 4.80. The van der Waals surface area contributed by atoms with E-state index in [1.807, 2.05) is 30.3 Å². The predicted octanol–water partition coefficient (Wildman–Crippen LogP) is 0.646. The van der Waals surface area contributed by atoms with Gasteiger partial charge in [0.05, 0.1) is 25.1 Å². The standard InChI is InChI=1S/C13H19NO4S/c15-13-8-12(9-13)14-19(16,17)7-6-18-10-11-4-2-1-3-5-11/h1-5,12-15H,6-10H2. The number of sulfonamides is 1. The van der Waals surface area contributed by atoms with Crippen molar-refractivity contribution in [3.63, 3.8) is 0 Å². The molecule has 0 aromatic heterocycles. The maximum Gasteiger partial charge on any atom is 0.214 e. The Labute approximate surface area is 113 Å². The van der Waals surface area contributed by atoms with Crippen LogP contribution in [0.25, 0.3) is 0 Å². The Bertz CT molecular complexity index is 483. The van der Waals surface area contributed by atoms with E-state index in [1.165, 1.54) is 0 Å². The van der Waals surface area contributed by atoms with Gasteiger partial charge in [0.15, 0.2) is 0 Å². The molecule has 2 rings (SSSR count). The van der Waals surface area contributed by atoms with E-state index >= 15 is 0 Å². The number of hydrogen-bond donors (Lipinski definition) is 2. The van der Waals surface area contributed by atoms with Crippen molar-refractivity contribution in [3.05, 3.63) is 35.9 Å². The zero-order valence-electron chi connectivity index (χ0n) is 10.7. The molecular formula is C13H19NO4S. The van der Waals surface area contributed by atoms with Gasteiger partial charge in [-0.2, -0.15) is 0 Å². The summed E-state index contributed by atoms with van der Waals surface area (Å²) in [4.78, 5) is 0. The number of benzene rings is 1. The minimum absolute atomic E-state index is 0.0492. The first-order valence-corrected chi connectivity index (χ1v) is 8.00. The fraction of sp³-hybridized carbons (Fsp3) is 0.538. The lowest BCUT2D eigenvalue weighted by molar-refractivity contribution is 0.0710. The highest BCUT2D eigenvalue weighted by Crippen LogP contribution is 2.20. The fourth-order valence-electron chi connectivity index (χ4n) is 1.93. The van der Waals surface area contributed by atoms with Gasteiger partial charge in [-0.3, -0.25) is 0 Å². The predicted molar refractivity (Wildman–Crippen MR) is 72.0 cm³/mol. The van der Waals surface area contributed by atoms with E-state index in [0.29, 0.717) is 19.4 Å². The molecule has 0 atom stereocenters. The van der Waals surface area contributed by atoms with Crippen molar-refractivity contribution < 1.29 is 18.3 Å². The van der Waals surface area contributed by atoms with Crippen LogP contribution in [0.15, 0.2) is 30.3 Å². The van der Waals surface area contributed by atoms with Crippen molar-refractivity contribution in [1.29, 1.82) is 0 Å². The van der Waals surface area contributed by atoms with Crippen LogP contribution < -0.4 is 4.72 Å². The Balaban J connectivity index is 1.64. The van der Waals surface area contributed by atoms with E-state index in [0.717, 1.165) is 5.56 Å². The number of aliphatic hydroxyl groups excluding tert-OH is 1. The minimum atomic E-state index is -3.31. The molecule has 6 heteroatoms. The Morgan fingerprint density at radius 2 is 1.95 bits per heavy atom. The van der Waals surface area contributed by atoms with Gasteiger partial charge in [-0.15, -0.1) is 0 Å². The van der Waals surface area contributed by atoms with Crippen LogP contribution in [0.3, 0.4) is 0 Å². The Morgan fingerprint density at radius 3 is 2.58 bits per heavy atom. The Morgan fingerprint density at radius 1 is 1.26 bits per heavy atom. The van der Waals surface area contributed by atoms with Crippen LogP contribution in [0.2, 0.25) is 0 Å². The van der Waals surface area contributed by atoms with Gasteiger partial charge in [0.1, 0.15) is 0 Å². The minimum Gasteiger partial charge on any atom is -0.393 e. The van der Waals surface area contributed by atoms with Crippen molar-refractivity contribution in [2.75, 3.05) is 12.4 Å². The van der Waals surface area contributed by atoms with E-state index in [4.69, 9.17) is 9.84 Å². The zero-order chi connectivity index (χ0) is 13.7. The molecule has 0 spiro atoms. The van der Waals surface area contributed by atoms with Crippen molar-refractivity contribution in [3.8, 4) is 0 Å². The summed E-state index contributed by atoms with van der Waals surface area (Å²) in [7, 11) is -3.31. The van der Waals surface area contributed by atoms with Gasteiger partial charge in [-0.05, 0) is 18.4 Å². The van der Waals surface area contributed by atoms with Crippen molar-refractivity contribution in [1.82, 2.24) is 4.72 Å². The van der Waals surface area contributed by atoms with Crippen molar-refractivity contribution in [2.24, 2.45) is 0 Å². The van der Waals surface area contributed by atoms with E-state index < -0.39 is 10.0 Å². The molecule has 1 aliphatic carbocycles. The summed E-state index contributed by atoms with van der Waals surface area (Å²) in [5, 5.41) is 9.10. The summed E-state index contributed by atoms with van der Waals surface area (Å²) in [5.41, 5.74) is 1.02. The molecule has 1 saturated carbocycles. The largest absolute Gasteiger partial charge is 0.393 e. The SMILES string of the molecule is O=S(=O)(CCOCc1ccccc1)NC1CC(O)C1. The second-order valence-corrected chi connectivity index (χ2v) is 6.67. The number of aliphatic hydroxyl groups is 1. The molecule has 0 unspecified atom stereocenters. The molecule has 0 aliphatic heterocycles. The Kier molecular flexibility index (Phi) is 4.93. The third-order valence-corrected chi connectivity index (χ3v) is 4.46. The normalized spacial score (nSPS) is 23.0. The summed E-state index contributed by atoms with van der Waals surface area (Å²) < 4.78 is 31.3. The first kappa shape index (κ1) is 14.5. The summed E-state index contributed by atoms with van der Waals surface area (Å²) in [6.45, 7) is 0.581. The highest BCUT2D eigenvalue weighted by molar-refractivity contribution is 7.89. The molecule has 0 amide bonds. The molecule has 106 valence electrons. The summed E-state index contributed by atoms with van der Waals surface area (Å²) in [5.74, 6) is -0.0492. The number of nitrogens with one attached hydrogen (secondary N) is 1. The molecule has 0 radical (unpaired) electrons. The fourth-order valence-corrected chi connectivity index (χ4v) is 3.09. The van der Waals surface area contributed by atoms with Gasteiger partial charge >= 0.3 is 0 Å². The molecule has 5 nitrogen and oxygen atoms in total. The van der Waals surface area contributed by atoms with Crippen LogP contribution in [-0.2, 0) is 21.4 Å². The Hall–Kier alpha value is -0.950. The van der Waals surface area contributed by atoms with Crippen LogP contribution in [0.1, 0.15) is 18.4 Å². The van der Waals surface area contributed by atoms with E-state index in [1.54, 1.807) is 0 Å². The third-order valence-electron chi connectivity index (χ3n) is 3.07.